The highest BCUT2D eigenvalue weighted by Crippen LogP contribution is 2.52. The van der Waals surface area contributed by atoms with E-state index in [1.165, 1.54) is 4.90 Å². The summed E-state index contributed by atoms with van der Waals surface area (Å²) in [6.45, 7) is 7.35. The van der Waals surface area contributed by atoms with E-state index in [0.717, 1.165) is 25.7 Å². The zero-order valence-corrected chi connectivity index (χ0v) is 26.6. The summed E-state index contributed by atoms with van der Waals surface area (Å²) in [5.41, 5.74) is 5.17. The van der Waals surface area contributed by atoms with Gasteiger partial charge in [-0.15, -0.1) is 0 Å². The first-order valence-corrected chi connectivity index (χ1v) is 16.4. The Morgan fingerprint density at radius 3 is 2.56 bits per heavy atom. The van der Waals surface area contributed by atoms with E-state index in [2.05, 4.69) is 15.3 Å². The van der Waals surface area contributed by atoms with Crippen LogP contribution in [-0.2, 0) is 25.9 Å². The Labute approximate surface area is 254 Å². The summed E-state index contributed by atoms with van der Waals surface area (Å²) in [6.07, 6.45) is 4.15. The largest absolute Gasteiger partial charge is 0.491 e. The molecule has 238 valence electrons. The van der Waals surface area contributed by atoms with Crippen LogP contribution in [-0.4, -0.2) is 83.5 Å². The molecule has 0 radical (unpaired) electrons. The molecule has 1 fully saturated rings. The zero-order chi connectivity index (χ0) is 31.6. The Hall–Kier alpha value is -3.19. The Morgan fingerprint density at radius 2 is 1.91 bits per heavy atom. The fourth-order valence-electron chi connectivity index (χ4n) is 5.59. The van der Waals surface area contributed by atoms with Gasteiger partial charge in [0.15, 0.2) is 26.8 Å². The number of rotatable bonds is 2. The summed E-state index contributed by atoms with van der Waals surface area (Å²) in [4.78, 5) is 35.9. The minimum absolute atomic E-state index is 0.129. The molecule has 2 amide bonds. The molecule has 0 saturated heterocycles. The summed E-state index contributed by atoms with van der Waals surface area (Å²) in [6, 6.07) is 5.22. The van der Waals surface area contributed by atoms with E-state index in [1.807, 2.05) is 0 Å². The number of aliphatic imine (C=N–C) groups is 2. The molecule has 1 aromatic rings. The van der Waals surface area contributed by atoms with Crippen LogP contribution in [0, 0.1) is 0 Å². The molecule has 1 aliphatic carbocycles. The lowest BCUT2D eigenvalue weighted by Gasteiger charge is -2.30. The molecule has 5 rings (SSSR count). The van der Waals surface area contributed by atoms with E-state index < -0.39 is 43.2 Å². The second-order valence-corrected chi connectivity index (χ2v) is 15.7. The Morgan fingerprint density at radius 1 is 1.21 bits per heavy atom. The number of para-hydroxylation sites is 1. The number of benzene rings is 1. The number of nitrogens with two attached hydrogens (primary N) is 1. The molecule has 12 nitrogen and oxygen atoms in total. The van der Waals surface area contributed by atoms with Gasteiger partial charge in [-0.05, 0) is 65.9 Å². The van der Waals surface area contributed by atoms with Gasteiger partial charge < -0.3 is 30.5 Å². The fourth-order valence-corrected chi connectivity index (χ4v) is 7.87. The van der Waals surface area contributed by atoms with Crippen molar-refractivity contribution in [3.05, 3.63) is 23.8 Å². The van der Waals surface area contributed by atoms with Gasteiger partial charge in [0.2, 0.25) is 0 Å². The minimum atomic E-state index is -3.82. The number of fused-ring (bicyclic) bond motifs is 10. The lowest BCUT2D eigenvalue weighted by molar-refractivity contribution is -0.110. The molecule has 1 spiro atoms. The Kier molecular flexibility index (Phi) is 9.46. The number of aliphatic hydroxyl groups is 1. The highest BCUT2D eigenvalue weighted by atomic mass is 32.2. The molecular weight excluding hydrogens is 574 g/mol. The van der Waals surface area contributed by atoms with Crippen molar-refractivity contribution in [1.82, 2.24) is 4.90 Å². The van der Waals surface area contributed by atoms with Crippen molar-refractivity contribution in [2.75, 3.05) is 25.5 Å². The lowest BCUT2D eigenvalue weighted by atomic mass is 9.92. The van der Waals surface area contributed by atoms with Crippen LogP contribution in [0.15, 0.2) is 28.2 Å². The van der Waals surface area contributed by atoms with Gasteiger partial charge in [0.1, 0.15) is 11.4 Å². The first-order chi connectivity index (χ1) is 20.0. The number of amides is 2. The van der Waals surface area contributed by atoms with E-state index in [9.17, 15) is 23.1 Å². The Balaban J connectivity index is 1.62. The van der Waals surface area contributed by atoms with Crippen LogP contribution in [0.4, 0.5) is 10.5 Å². The second-order valence-electron chi connectivity index (χ2n) is 13.2. The van der Waals surface area contributed by atoms with Crippen LogP contribution >= 0.6 is 0 Å². The SMILES string of the molecule is CN(Cc1cccc2c1OCCCCCC[C@@](C)(O)CC1(CC1)S(=O)(=O)C1CN=C(C(=O)N2)C(N)=N1)C(=O)OC(C)(C)C. The molecule has 1 aromatic carbocycles. The van der Waals surface area contributed by atoms with Gasteiger partial charge in [0.05, 0.1) is 35.7 Å². The third-order valence-corrected chi connectivity index (χ3v) is 10.7. The first kappa shape index (κ1) is 32.7. The number of hydrogen-bond acceptors (Lipinski definition) is 10. The highest BCUT2D eigenvalue weighted by Gasteiger charge is 2.59. The molecular formula is C30H45N5O7S. The maximum absolute atomic E-state index is 13.6. The van der Waals surface area contributed by atoms with Crippen LogP contribution in [0.25, 0.3) is 0 Å². The normalized spacial score (nSPS) is 25.9. The third kappa shape index (κ3) is 7.86. The quantitative estimate of drug-likeness (QED) is 0.451. The van der Waals surface area contributed by atoms with Crippen LogP contribution in [0.3, 0.4) is 0 Å². The number of amidine groups is 1. The predicted octanol–water partition coefficient (Wildman–Crippen LogP) is 3.56. The molecule has 4 aliphatic rings. The summed E-state index contributed by atoms with van der Waals surface area (Å²) >= 11 is 0. The predicted molar refractivity (Wildman–Crippen MR) is 165 cm³/mol. The molecule has 2 atom stereocenters. The van der Waals surface area contributed by atoms with Crippen molar-refractivity contribution >= 4 is 39.1 Å². The summed E-state index contributed by atoms with van der Waals surface area (Å²) in [7, 11) is -2.20. The average molecular weight is 620 g/mol. The van der Waals surface area contributed by atoms with E-state index in [1.54, 1.807) is 52.9 Å². The number of carbonyl (C=O) groups is 2. The van der Waals surface area contributed by atoms with Gasteiger partial charge >= 0.3 is 6.09 Å². The number of carbonyl (C=O) groups excluding carboxylic acids is 2. The van der Waals surface area contributed by atoms with E-state index in [4.69, 9.17) is 15.2 Å². The molecule has 13 heteroatoms. The van der Waals surface area contributed by atoms with Crippen molar-refractivity contribution in [2.24, 2.45) is 15.7 Å². The van der Waals surface area contributed by atoms with Gasteiger partial charge in [-0.25, -0.2) is 18.2 Å². The standard InChI is InChI=1S/C30H45N5O7S/c1-28(2,3)42-27(37)35(5)18-20-11-10-12-21-24(20)41-16-9-7-6-8-13-29(4,38)19-30(14-15-30)43(39,40)22-17-32-23(25(31)34-22)26(36)33-21/h10-12,22,38H,6-9,13-19H2,1-5H3,(H2,31,34)(H,33,36)/t22?,29-/m1/s1. The van der Waals surface area contributed by atoms with Crippen LogP contribution in [0.2, 0.25) is 0 Å². The summed E-state index contributed by atoms with van der Waals surface area (Å²) in [5.74, 6) is -0.516. The van der Waals surface area contributed by atoms with Crippen molar-refractivity contribution in [2.45, 2.75) is 107 Å². The number of anilines is 1. The van der Waals surface area contributed by atoms with Gasteiger partial charge in [-0.2, -0.15) is 0 Å². The van der Waals surface area contributed by atoms with Crippen LogP contribution in [0.1, 0.15) is 84.6 Å². The van der Waals surface area contributed by atoms with Crippen LogP contribution < -0.4 is 15.8 Å². The molecule has 4 N–H and O–H groups in total. The number of nitrogens with one attached hydrogen (secondary N) is 1. The lowest BCUT2D eigenvalue weighted by Crippen LogP contribution is -2.45. The van der Waals surface area contributed by atoms with Crippen molar-refractivity contribution in [1.29, 1.82) is 0 Å². The molecule has 1 saturated carbocycles. The maximum Gasteiger partial charge on any atom is 0.410 e. The zero-order valence-electron chi connectivity index (χ0n) is 25.8. The number of nitrogens with zero attached hydrogens (tertiary/aromatic N) is 3. The third-order valence-electron chi connectivity index (χ3n) is 7.93. The topological polar surface area (TPSA) is 173 Å². The minimum Gasteiger partial charge on any atom is -0.491 e. The number of ether oxygens (including phenoxy) is 2. The molecule has 3 aliphatic heterocycles. The fraction of sp³-hybridized carbons (Fsp3) is 0.667. The summed E-state index contributed by atoms with van der Waals surface area (Å²) < 4.78 is 37.9. The van der Waals surface area contributed by atoms with E-state index in [-0.39, 0.29) is 31.1 Å². The van der Waals surface area contributed by atoms with Gasteiger partial charge in [0, 0.05) is 12.6 Å². The highest BCUT2D eigenvalue weighted by molar-refractivity contribution is 7.93. The Bertz CT molecular complexity index is 1390. The number of sulfone groups is 1. The van der Waals surface area contributed by atoms with E-state index >= 15 is 0 Å². The van der Waals surface area contributed by atoms with Crippen molar-refractivity contribution in [3.63, 3.8) is 0 Å². The monoisotopic (exact) mass is 619 g/mol. The summed E-state index contributed by atoms with van der Waals surface area (Å²) in [5, 5.41) is 12.7. The molecule has 3 heterocycles. The van der Waals surface area contributed by atoms with Crippen molar-refractivity contribution < 1.29 is 32.6 Å². The molecule has 0 aromatic heterocycles. The van der Waals surface area contributed by atoms with Gasteiger partial charge in [-0.3, -0.25) is 9.79 Å². The molecule has 2 bridgehead atoms. The number of hydrogen-bond donors (Lipinski definition) is 3. The molecule has 1 unspecified atom stereocenters. The second kappa shape index (κ2) is 12.4. The average Bonchev–Trinajstić information content (AvgIpc) is 3.68. The first-order valence-electron chi connectivity index (χ1n) is 14.9. The maximum atomic E-state index is 13.6. The van der Waals surface area contributed by atoms with Gasteiger partial charge in [-0.1, -0.05) is 31.4 Å². The smallest absolute Gasteiger partial charge is 0.410 e. The van der Waals surface area contributed by atoms with E-state index in [0.29, 0.717) is 42.9 Å². The van der Waals surface area contributed by atoms with Gasteiger partial charge in [0.25, 0.3) is 5.91 Å². The van der Waals surface area contributed by atoms with Crippen molar-refractivity contribution in [3.8, 4) is 5.75 Å². The molecule has 43 heavy (non-hydrogen) atoms. The van der Waals surface area contributed by atoms with Crippen LogP contribution in [0.5, 0.6) is 5.75 Å².